The van der Waals surface area contributed by atoms with E-state index < -0.39 is 17.1 Å². The molecule has 148 valence electrons. The standard InChI is InChI=1S/C23H22N2O3S/c1-16(2)18-11-13-19(14-12-18)24-21(26)15-25-22(27)20(29-23(25)28)10-6-9-17-7-4-3-5-8-17/h3-14,16H,15H2,1-2H3,(H,24,26)/b9-6+,20-10+. The maximum absolute atomic E-state index is 12.5. The van der Waals surface area contributed by atoms with Crippen LogP contribution in [0, 0.1) is 0 Å². The lowest BCUT2D eigenvalue weighted by molar-refractivity contribution is -0.127. The van der Waals surface area contributed by atoms with Crippen molar-refractivity contribution in [1.82, 2.24) is 4.90 Å². The number of hydrogen-bond acceptors (Lipinski definition) is 4. The first-order valence-electron chi connectivity index (χ1n) is 9.31. The molecule has 1 fully saturated rings. The maximum Gasteiger partial charge on any atom is 0.294 e. The van der Waals surface area contributed by atoms with Gasteiger partial charge in [-0.1, -0.05) is 68.5 Å². The Morgan fingerprint density at radius 1 is 1.07 bits per heavy atom. The molecule has 0 radical (unpaired) electrons. The van der Waals surface area contributed by atoms with Crippen LogP contribution in [0.4, 0.5) is 10.5 Å². The molecule has 5 nitrogen and oxygen atoms in total. The van der Waals surface area contributed by atoms with Crippen molar-refractivity contribution in [3.05, 3.63) is 82.8 Å². The van der Waals surface area contributed by atoms with Gasteiger partial charge in [-0.25, -0.2) is 0 Å². The zero-order valence-electron chi connectivity index (χ0n) is 16.3. The molecule has 0 atom stereocenters. The van der Waals surface area contributed by atoms with Crippen molar-refractivity contribution in [3.63, 3.8) is 0 Å². The largest absolute Gasteiger partial charge is 0.325 e. The van der Waals surface area contributed by atoms with E-state index in [1.807, 2.05) is 60.7 Å². The highest BCUT2D eigenvalue weighted by molar-refractivity contribution is 8.18. The zero-order chi connectivity index (χ0) is 20.8. The SMILES string of the molecule is CC(C)c1ccc(NC(=O)CN2C(=O)S/C(=C/C=C/c3ccccc3)C2=O)cc1. The zero-order valence-corrected chi connectivity index (χ0v) is 17.1. The number of hydrogen-bond donors (Lipinski definition) is 1. The van der Waals surface area contributed by atoms with E-state index in [9.17, 15) is 14.4 Å². The molecule has 29 heavy (non-hydrogen) atoms. The van der Waals surface area contributed by atoms with Crippen LogP contribution in [0.25, 0.3) is 6.08 Å². The van der Waals surface area contributed by atoms with Crippen molar-refractivity contribution in [2.24, 2.45) is 0 Å². The first-order valence-corrected chi connectivity index (χ1v) is 10.1. The van der Waals surface area contributed by atoms with Gasteiger partial charge in [0.15, 0.2) is 0 Å². The molecular formula is C23H22N2O3S. The second-order valence-corrected chi connectivity index (χ2v) is 7.88. The Labute approximate surface area is 174 Å². The van der Waals surface area contributed by atoms with Gasteiger partial charge in [0.1, 0.15) is 6.54 Å². The number of nitrogens with zero attached hydrogens (tertiary/aromatic N) is 1. The summed E-state index contributed by atoms with van der Waals surface area (Å²) in [6, 6.07) is 17.2. The summed E-state index contributed by atoms with van der Waals surface area (Å²) in [6.45, 7) is 3.88. The van der Waals surface area contributed by atoms with Crippen LogP contribution in [-0.4, -0.2) is 28.5 Å². The number of amides is 3. The number of imide groups is 1. The van der Waals surface area contributed by atoms with Crippen molar-refractivity contribution in [2.75, 3.05) is 11.9 Å². The van der Waals surface area contributed by atoms with Gasteiger partial charge < -0.3 is 5.32 Å². The minimum Gasteiger partial charge on any atom is -0.325 e. The maximum atomic E-state index is 12.5. The molecule has 0 unspecified atom stereocenters. The summed E-state index contributed by atoms with van der Waals surface area (Å²) in [5.74, 6) is -0.466. The van der Waals surface area contributed by atoms with Gasteiger partial charge in [-0.3, -0.25) is 19.3 Å². The third kappa shape index (κ3) is 5.45. The van der Waals surface area contributed by atoms with Crippen LogP contribution in [0.3, 0.4) is 0 Å². The first kappa shape index (κ1) is 20.6. The summed E-state index contributed by atoms with van der Waals surface area (Å²) < 4.78 is 0. The van der Waals surface area contributed by atoms with Crippen LogP contribution >= 0.6 is 11.8 Å². The molecule has 0 aromatic heterocycles. The molecule has 3 rings (SSSR count). The Kier molecular flexibility index (Phi) is 6.67. The number of thioether (sulfide) groups is 1. The normalized spacial score (nSPS) is 15.7. The molecule has 0 bridgehead atoms. The number of carbonyl (C=O) groups is 3. The smallest absolute Gasteiger partial charge is 0.294 e. The van der Waals surface area contributed by atoms with Crippen LogP contribution in [0.15, 0.2) is 71.7 Å². The second-order valence-electron chi connectivity index (χ2n) is 6.88. The molecule has 2 aromatic rings. The molecule has 3 amide bonds. The molecular weight excluding hydrogens is 384 g/mol. The van der Waals surface area contributed by atoms with Crippen LogP contribution in [-0.2, 0) is 9.59 Å². The molecule has 0 saturated carbocycles. The van der Waals surface area contributed by atoms with Crippen molar-refractivity contribution in [3.8, 4) is 0 Å². The first-order chi connectivity index (χ1) is 13.9. The Morgan fingerprint density at radius 2 is 1.76 bits per heavy atom. The van der Waals surface area contributed by atoms with Gasteiger partial charge in [0, 0.05) is 5.69 Å². The van der Waals surface area contributed by atoms with E-state index in [0.717, 1.165) is 22.2 Å². The summed E-state index contributed by atoms with van der Waals surface area (Å²) in [6.07, 6.45) is 5.17. The lowest BCUT2D eigenvalue weighted by Crippen LogP contribution is -2.36. The lowest BCUT2D eigenvalue weighted by atomic mass is 10.0. The number of nitrogens with one attached hydrogen (secondary N) is 1. The Morgan fingerprint density at radius 3 is 2.41 bits per heavy atom. The molecule has 0 aliphatic carbocycles. The molecule has 1 aliphatic rings. The highest BCUT2D eigenvalue weighted by Crippen LogP contribution is 2.30. The molecule has 1 N–H and O–H groups in total. The molecule has 0 spiro atoms. The second kappa shape index (κ2) is 9.39. The number of carbonyl (C=O) groups excluding carboxylic acids is 3. The number of benzene rings is 2. The number of anilines is 1. The van der Waals surface area contributed by atoms with Crippen LogP contribution in [0.5, 0.6) is 0 Å². The van der Waals surface area contributed by atoms with Crippen LogP contribution in [0.2, 0.25) is 0 Å². The van der Waals surface area contributed by atoms with Gasteiger partial charge >= 0.3 is 0 Å². The molecule has 6 heteroatoms. The Balaban J connectivity index is 1.60. The predicted octanol–water partition coefficient (Wildman–Crippen LogP) is 5.04. The average Bonchev–Trinajstić information content (AvgIpc) is 2.97. The van der Waals surface area contributed by atoms with E-state index in [1.165, 1.54) is 5.56 Å². The molecule has 2 aromatic carbocycles. The van der Waals surface area contributed by atoms with Crippen molar-refractivity contribution >= 4 is 40.6 Å². The van der Waals surface area contributed by atoms with Crippen molar-refractivity contribution in [2.45, 2.75) is 19.8 Å². The number of rotatable bonds is 6. The average molecular weight is 407 g/mol. The summed E-state index contributed by atoms with van der Waals surface area (Å²) in [5.41, 5.74) is 2.79. The quantitative estimate of drug-likeness (QED) is 0.683. The van der Waals surface area contributed by atoms with Gasteiger partial charge in [-0.05, 0) is 47.0 Å². The van der Waals surface area contributed by atoms with Crippen molar-refractivity contribution < 1.29 is 14.4 Å². The third-order valence-corrected chi connectivity index (χ3v) is 5.30. The summed E-state index contributed by atoms with van der Waals surface area (Å²) in [5, 5.41) is 2.28. The minimum atomic E-state index is -0.456. The molecule has 1 heterocycles. The van der Waals surface area contributed by atoms with Crippen molar-refractivity contribution in [1.29, 1.82) is 0 Å². The highest BCUT2D eigenvalue weighted by Gasteiger charge is 2.35. The fourth-order valence-electron chi connectivity index (χ4n) is 2.76. The Hall–Kier alpha value is -3.12. The summed E-state index contributed by atoms with van der Waals surface area (Å²) >= 11 is 0.838. The minimum absolute atomic E-state index is 0.302. The van der Waals surface area contributed by atoms with Crippen LogP contribution in [0.1, 0.15) is 30.9 Å². The van der Waals surface area contributed by atoms with E-state index in [2.05, 4.69) is 19.2 Å². The van der Waals surface area contributed by atoms with Gasteiger partial charge in [0.25, 0.3) is 11.1 Å². The highest BCUT2D eigenvalue weighted by atomic mass is 32.2. The lowest BCUT2D eigenvalue weighted by Gasteiger charge is -2.13. The fourth-order valence-corrected chi connectivity index (χ4v) is 3.55. The number of allylic oxidation sites excluding steroid dienone is 2. The van der Waals surface area contributed by atoms with E-state index in [1.54, 1.807) is 12.2 Å². The van der Waals surface area contributed by atoms with Gasteiger partial charge in [-0.2, -0.15) is 0 Å². The molecule has 1 saturated heterocycles. The summed E-state index contributed by atoms with van der Waals surface area (Å²) in [4.78, 5) is 38.2. The summed E-state index contributed by atoms with van der Waals surface area (Å²) in [7, 11) is 0. The van der Waals surface area contributed by atoms with Gasteiger partial charge in [-0.15, -0.1) is 0 Å². The van der Waals surface area contributed by atoms with E-state index >= 15 is 0 Å². The monoisotopic (exact) mass is 406 g/mol. The van der Waals surface area contributed by atoms with E-state index in [4.69, 9.17) is 0 Å². The van der Waals surface area contributed by atoms with E-state index in [-0.39, 0.29) is 6.54 Å². The fraction of sp³-hybridized carbons (Fsp3) is 0.174. The van der Waals surface area contributed by atoms with Gasteiger partial charge in [0.2, 0.25) is 5.91 Å². The Bertz CT molecular complexity index is 963. The van der Waals surface area contributed by atoms with Gasteiger partial charge in [0.05, 0.1) is 4.91 Å². The molecule has 1 aliphatic heterocycles. The third-order valence-electron chi connectivity index (χ3n) is 4.37. The van der Waals surface area contributed by atoms with E-state index in [0.29, 0.717) is 16.5 Å². The predicted molar refractivity (Wildman–Crippen MR) is 117 cm³/mol. The topological polar surface area (TPSA) is 66.5 Å². The van der Waals surface area contributed by atoms with Crippen LogP contribution < -0.4 is 5.32 Å².